The SMILES string of the molecule is CCC=C(C=CCOCC(O)CNC(C)C)CCOCC1CC1. The van der Waals surface area contributed by atoms with E-state index in [1.165, 1.54) is 18.4 Å². The number of allylic oxidation sites excluding steroid dienone is 2. The van der Waals surface area contributed by atoms with Crippen molar-refractivity contribution in [2.75, 3.05) is 33.0 Å². The van der Waals surface area contributed by atoms with Gasteiger partial charge in [-0.3, -0.25) is 0 Å². The first-order chi connectivity index (χ1) is 11.1. The Morgan fingerprint density at radius 2 is 2.09 bits per heavy atom. The number of aliphatic hydroxyl groups is 1. The van der Waals surface area contributed by atoms with E-state index >= 15 is 0 Å². The average molecular weight is 325 g/mol. The fourth-order valence-electron chi connectivity index (χ4n) is 2.14. The van der Waals surface area contributed by atoms with Crippen molar-refractivity contribution in [1.29, 1.82) is 0 Å². The molecule has 2 N–H and O–H groups in total. The van der Waals surface area contributed by atoms with Crippen LogP contribution in [-0.4, -0.2) is 50.2 Å². The summed E-state index contributed by atoms with van der Waals surface area (Å²) in [5.41, 5.74) is 1.30. The maximum Gasteiger partial charge on any atom is 0.0897 e. The van der Waals surface area contributed by atoms with Crippen LogP contribution in [0.5, 0.6) is 0 Å². The van der Waals surface area contributed by atoms with Gasteiger partial charge in [-0.15, -0.1) is 0 Å². The van der Waals surface area contributed by atoms with Crippen LogP contribution in [0.1, 0.15) is 46.5 Å². The first-order valence-corrected chi connectivity index (χ1v) is 9.04. The molecule has 0 aromatic carbocycles. The molecule has 1 aliphatic carbocycles. The standard InChI is InChI=1S/C19H35NO3/c1-4-6-17(10-12-23-14-18-8-9-18)7-5-11-22-15-19(21)13-20-16(2)3/h5-7,16,18-21H,4,8-15H2,1-3H3. The molecular weight excluding hydrogens is 290 g/mol. The molecule has 0 saturated heterocycles. The third-order valence-corrected chi connectivity index (χ3v) is 3.67. The van der Waals surface area contributed by atoms with E-state index < -0.39 is 6.10 Å². The summed E-state index contributed by atoms with van der Waals surface area (Å²) in [6.07, 6.45) is 10.6. The van der Waals surface area contributed by atoms with Crippen LogP contribution in [-0.2, 0) is 9.47 Å². The maximum atomic E-state index is 9.74. The Bertz CT molecular complexity index is 349. The third kappa shape index (κ3) is 12.4. The Balaban J connectivity index is 2.09. The van der Waals surface area contributed by atoms with Gasteiger partial charge < -0.3 is 19.9 Å². The van der Waals surface area contributed by atoms with E-state index in [-0.39, 0.29) is 0 Å². The van der Waals surface area contributed by atoms with E-state index in [0.29, 0.717) is 25.8 Å². The Hall–Kier alpha value is -0.680. The predicted molar refractivity (Wildman–Crippen MR) is 95.6 cm³/mol. The minimum Gasteiger partial charge on any atom is -0.389 e. The zero-order valence-electron chi connectivity index (χ0n) is 15.1. The molecular formula is C19H35NO3. The molecule has 1 atom stereocenters. The number of ether oxygens (including phenoxy) is 2. The van der Waals surface area contributed by atoms with Crippen LogP contribution in [0.3, 0.4) is 0 Å². The Morgan fingerprint density at radius 3 is 2.74 bits per heavy atom. The van der Waals surface area contributed by atoms with Gasteiger partial charge in [0.2, 0.25) is 0 Å². The summed E-state index contributed by atoms with van der Waals surface area (Å²) < 4.78 is 11.2. The van der Waals surface area contributed by atoms with Gasteiger partial charge in [0.1, 0.15) is 0 Å². The summed E-state index contributed by atoms with van der Waals surface area (Å²) in [7, 11) is 0. The van der Waals surface area contributed by atoms with Crippen molar-refractivity contribution in [3.8, 4) is 0 Å². The predicted octanol–water partition coefficient (Wildman–Crippen LogP) is 3.07. The number of hydrogen-bond donors (Lipinski definition) is 2. The van der Waals surface area contributed by atoms with Gasteiger partial charge in [0.15, 0.2) is 0 Å². The summed E-state index contributed by atoms with van der Waals surface area (Å²) >= 11 is 0. The zero-order valence-corrected chi connectivity index (χ0v) is 15.1. The van der Waals surface area contributed by atoms with Crippen LogP contribution in [0.15, 0.2) is 23.8 Å². The van der Waals surface area contributed by atoms with Crippen molar-refractivity contribution in [2.24, 2.45) is 5.92 Å². The first-order valence-electron chi connectivity index (χ1n) is 9.04. The van der Waals surface area contributed by atoms with Gasteiger partial charge in [-0.2, -0.15) is 0 Å². The number of aliphatic hydroxyl groups excluding tert-OH is 1. The fraction of sp³-hybridized carbons (Fsp3) is 0.789. The Kier molecular flexibility index (Phi) is 11.3. The third-order valence-electron chi connectivity index (χ3n) is 3.67. The largest absolute Gasteiger partial charge is 0.389 e. The maximum absolute atomic E-state index is 9.74. The second kappa shape index (κ2) is 12.7. The smallest absolute Gasteiger partial charge is 0.0897 e. The lowest BCUT2D eigenvalue weighted by molar-refractivity contribution is 0.0484. The van der Waals surface area contributed by atoms with Crippen LogP contribution in [0.4, 0.5) is 0 Å². The highest BCUT2D eigenvalue weighted by molar-refractivity contribution is 5.18. The minimum absolute atomic E-state index is 0.362. The molecule has 0 bridgehead atoms. The topological polar surface area (TPSA) is 50.7 Å². The second-order valence-electron chi connectivity index (χ2n) is 6.61. The molecule has 0 aliphatic heterocycles. The summed E-state index contributed by atoms with van der Waals surface area (Å²) in [6.45, 7) is 9.46. The van der Waals surface area contributed by atoms with E-state index in [1.54, 1.807) is 0 Å². The van der Waals surface area contributed by atoms with Gasteiger partial charge in [0, 0.05) is 19.2 Å². The highest BCUT2D eigenvalue weighted by Crippen LogP contribution is 2.28. The second-order valence-corrected chi connectivity index (χ2v) is 6.61. The normalized spacial score (nSPS) is 17.3. The highest BCUT2D eigenvalue weighted by Gasteiger charge is 2.20. The molecule has 4 heteroatoms. The molecule has 1 unspecified atom stereocenters. The van der Waals surface area contributed by atoms with Crippen molar-refractivity contribution in [3.05, 3.63) is 23.8 Å². The molecule has 0 amide bonds. The number of hydrogen-bond acceptors (Lipinski definition) is 4. The summed E-state index contributed by atoms with van der Waals surface area (Å²) in [4.78, 5) is 0. The van der Waals surface area contributed by atoms with Gasteiger partial charge in [-0.1, -0.05) is 39.0 Å². The summed E-state index contributed by atoms with van der Waals surface area (Å²) in [5, 5.41) is 12.9. The quantitative estimate of drug-likeness (QED) is 0.381. The highest BCUT2D eigenvalue weighted by atomic mass is 16.5. The van der Waals surface area contributed by atoms with Crippen LogP contribution in [0, 0.1) is 5.92 Å². The van der Waals surface area contributed by atoms with E-state index in [1.807, 2.05) is 6.08 Å². The number of rotatable bonds is 14. The lowest BCUT2D eigenvalue weighted by atomic mass is 10.1. The molecule has 0 spiro atoms. The van der Waals surface area contributed by atoms with Crippen LogP contribution >= 0.6 is 0 Å². The Morgan fingerprint density at radius 1 is 1.30 bits per heavy atom. The van der Waals surface area contributed by atoms with Crippen LogP contribution in [0.25, 0.3) is 0 Å². The van der Waals surface area contributed by atoms with Crippen LogP contribution in [0.2, 0.25) is 0 Å². The molecule has 4 nitrogen and oxygen atoms in total. The molecule has 0 aromatic heterocycles. The first kappa shape index (κ1) is 20.4. The van der Waals surface area contributed by atoms with Crippen molar-refractivity contribution in [2.45, 2.75) is 58.6 Å². The lowest BCUT2D eigenvalue weighted by Crippen LogP contribution is -2.34. The molecule has 1 saturated carbocycles. The molecule has 1 fully saturated rings. The summed E-state index contributed by atoms with van der Waals surface area (Å²) in [6, 6.07) is 0.383. The average Bonchev–Trinajstić information content (AvgIpc) is 3.33. The molecule has 134 valence electrons. The van der Waals surface area contributed by atoms with E-state index in [2.05, 4.69) is 38.2 Å². The fourth-order valence-corrected chi connectivity index (χ4v) is 2.14. The van der Waals surface area contributed by atoms with Gasteiger partial charge in [-0.05, 0) is 37.2 Å². The van der Waals surface area contributed by atoms with Crippen molar-refractivity contribution in [3.63, 3.8) is 0 Å². The van der Waals surface area contributed by atoms with Crippen molar-refractivity contribution < 1.29 is 14.6 Å². The van der Waals surface area contributed by atoms with Gasteiger partial charge in [0.25, 0.3) is 0 Å². The van der Waals surface area contributed by atoms with Crippen molar-refractivity contribution >= 4 is 0 Å². The van der Waals surface area contributed by atoms with Gasteiger partial charge in [-0.25, -0.2) is 0 Å². The van der Waals surface area contributed by atoms with Crippen molar-refractivity contribution in [1.82, 2.24) is 5.32 Å². The molecule has 1 aliphatic rings. The minimum atomic E-state index is -0.452. The zero-order chi connectivity index (χ0) is 16.9. The lowest BCUT2D eigenvalue weighted by Gasteiger charge is -2.13. The monoisotopic (exact) mass is 325 g/mol. The van der Waals surface area contributed by atoms with Gasteiger partial charge >= 0.3 is 0 Å². The van der Waals surface area contributed by atoms with E-state index in [9.17, 15) is 5.11 Å². The van der Waals surface area contributed by atoms with Gasteiger partial charge in [0.05, 0.1) is 25.9 Å². The molecule has 0 radical (unpaired) electrons. The number of nitrogens with one attached hydrogen (secondary N) is 1. The molecule has 0 heterocycles. The summed E-state index contributed by atoms with van der Waals surface area (Å²) in [5.74, 6) is 0.828. The van der Waals surface area contributed by atoms with Crippen LogP contribution < -0.4 is 5.32 Å². The van der Waals surface area contributed by atoms with E-state index in [0.717, 1.165) is 32.0 Å². The molecule has 0 aromatic rings. The Labute approximate surface area is 141 Å². The molecule has 23 heavy (non-hydrogen) atoms. The molecule has 1 rings (SSSR count). The van der Waals surface area contributed by atoms with E-state index in [4.69, 9.17) is 9.47 Å².